The minimum absolute atomic E-state index is 0.00740. The number of benzene rings is 1. The lowest BCUT2D eigenvalue weighted by Crippen LogP contribution is -2.52. The van der Waals surface area contributed by atoms with Crippen LogP contribution in [-0.2, 0) is 9.53 Å². The lowest BCUT2D eigenvalue weighted by atomic mass is 10.0. The van der Waals surface area contributed by atoms with Gasteiger partial charge in [-0.25, -0.2) is 4.79 Å². The van der Waals surface area contributed by atoms with Crippen molar-refractivity contribution in [1.29, 1.82) is 0 Å². The van der Waals surface area contributed by atoms with E-state index in [1.807, 2.05) is 45.0 Å². The van der Waals surface area contributed by atoms with Crippen LogP contribution in [0.4, 0.5) is 4.79 Å². The van der Waals surface area contributed by atoms with Crippen molar-refractivity contribution in [2.24, 2.45) is 0 Å². The Kier molecular flexibility index (Phi) is 6.51. The van der Waals surface area contributed by atoms with Gasteiger partial charge in [-0.1, -0.05) is 26.0 Å². The number of amides is 2. The van der Waals surface area contributed by atoms with Crippen LogP contribution in [-0.4, -0.2) is 60.2 Å². The van der Waals surface area contributed by atoms with Gasteiger partial charge >= 0.3 is 6.09 Å². The molecule has 0 aromatic heterocycles. The number of hydrogen-bond acceptors (Lipinski definition) is 4. The lowest BCUT2D eigenvalue weighted by Gasteiger charge is -2.35. The molecule has 0 radical (unpaired) electrons. The molecule has 0 bridgehead atoms. The van der Waals surface area contributed by atoms with Crippen molar-refractivity contribution in [1.82, 2.24) is 9.80 Å². The molecule has 6 nitrogen and oxygen atoms in total. The number of piperazine rings is 1. The fraction of sp³-hybridized carbons (Fsp3) is 0.600. The van der Waals surface area contributed by atoms with Crippen LogP contribution in [0.2, 0.25) is 0 Å². The number of carbonyl (C=O) groups excluding carboxylic acids is 2. The monoisotopic (exact) mass is 362 g/mol. The highest BCUT2D eigenvalue weighted by atomic mass is 16.6. The second-order valence-corrected chi connectivity index (χ2v) is 7.86. The van der Waals surface area contributed by atoms with E-state index in [4.69, 9.17) is 9.47 Å². The Balaban J connectivity index is 1.77. The molecule has 0 N–H and O–H groups in total. The van der Waals surface area contributed by atoms with E-state index in [9.17, 15) is 9.59 Å². The van der Waals surface area contributed by atoms with Crippen molar-refractivity contribution in [2.45, 2.75) is 46.1 Å². The summed E-state index contributed by atoms with van der Waals surface area (Å²) in [6, 6.07) is 7.82. The molecule has 1 fully saturated rings. The predicted octanol–water partition coefficient (Wildman–Crippen LogP) is 3.27. The summed E-state index contributed by atoms with van der Waals surface area (Å²) in [7, 11) is 0. The van der Waals surface area contributed by atoms with Gasteiger partial charge in [0.05, 0.1) is 0 Å². The third-order valence-corrected chi connectivity index (χ3v) is 4.19. The maximum absolute atomic E-state index is 12.3. The molecular formula is C20H30N2O4. The van der Waals surface area contributed by atoms with Crippen LogP contribution >= 0.6 is 0 Å². The molecule has 0 unspecified atom stereocenters. The molecule has 0 spiro atoms. The number of rotatable bonds is 4. The number of hydrogen-bond donors (Lipinski definition) is 0. The summed E-state index contributed by atoms with van der Waals surface area (Å²) in [5.41, 5.74) is 0.727. The van der Waals surface area contributed by atoms with Gasteiger partial charge in [0.1, 0.15) is 11.4 Å². The van der Waals surface area contributed by atoms with E-state index < -0.39 is 5.60 Å². The van der Waals surface area contributed by atoms with Crippen molar-refractivity contribution in [3.05, 3.63) is 29.8 Å². The zero-order valence-corrected chi connectivity index (χ0v) is 16.4. The van der Waals surface area contributed by atoms with Crippen LogP contribution in [0.3, 0.4) is 0 Å². The van der Waals surface area contributed by atoms with Crippen LogP contribution in [0.15, 0.2) is 24.3 Å². The Morgan fingerprint density at radius 1 is 1.00 bits per heavy atom. The van der Waals surface area contributed by atoms with Crippen LogP contribution in [0.25, 0.3) is 0 Å². The summed E-state index contributed by atoms with van der Waals surface area (Å²) in [5, 5.41) is 0. The lowest BCUT2D eigenvalue weighted by molar-refractivity contribution is -0.135. The number of nitrogens with zero attached hydrogens (tertiary/aromatic N) is 2. The van der Waals surface area contributed by atoms with Gasteiger partial charge in [0.15, 0.2) is 6.61 Å². The molecule has 144 valence electrons. The van der Waals surface area contributed by atoms with Gasteiger partial charge in [-0.05, 0) is 44.4 Å². The molecular weight excluding hydrogens is 332 g/mol. The van der Waals surface area contributed by atoms with Gasteiger partial charge in [0.2, 0.25) is 0 Å². The molecule has 6 heteroatoms. The van der Waals surface area contributed by atoms with E-state index in [2.05, 4.69) is 13.8 Å². The molecule has 1 saturated heterocycles. The topological polar surface area (TPSA) is 59.1 Å². The van der Waals surface area contributed by atoms with Crippen molar-refractivity contribution in [3.63, 3.8) is 0 Å². The summed E-state index contributed by atoms with van der Waals surface area (Å²) in [5.74, 6) is 1.09. The summed E-state index contributed by atoms with van der Waals surface area (Å²) < 4.78 is 11.0. The van der Waals surface area contributed by atoms with Gasteiger partial charge < -0.3 is 19.3 Å². The minimum atomic E-state index is -0.511. The molecule has 1 aliphatic rings. The second kappa shape index (κ2) is 8.43. The highest BCUT2D eigenvalue weighted by Crippen LogP contribution is 2.18. The van der Waals surface area contributed by atoms with E-state index in [-0.39, 0.29) is 18.6 Å². The number of ether oxygens (including phenoxy) is 2. The molecule has 1 aromatic rings. The Morgan fingerprint density at radius 2 is 1.54 bits per heavy atom. The van der Waals surface area contributed by atoms with Crippen molar-refractivity contribution >= 4 is 12.0 Å². The smallest absolute Gasteiger partial charge is 0.410 e. The quantitative estimate of drug-likeness (QED) is 0.825. The average Bonchev–Trinajstić information content (AvgIpc) is 2.58. The molecule has 2 rings (SSSR count). The van der Waals surface area contributed by atoms with Crippen molar-refractivity contribution in [2.75, 3.05) is 32.8 Å². The Hall–Kier alpha value is -2.24. The van der Waals surface area contributed by atoms with E-state index in [1.54, 1.807) is 9.80 Å². The first-order chi connectivity index (χ1) is 12.2. The third kappa shape index (κ3) is 5.93. The van der Waals surface area contributed by atoms with Gasteiger partial charge in [-0.3, -0.25) is 4.79 Å². The molecule has 26 heavy (non-hydrogen) atoms. The van der Waals surface area contributed by atoms with Gasteiger partial charge in [-0.2, -0.15) is 0 Å². The van der Waals surface area contributed by atoms with Crippen LogP contribution < -0.4 is 4.74 Å². The van der Waals surface area contributed by atoms with Crippen molar-refractivity contribution < 1.29 is 19.1 Å². The standard InChI is InChI=1S/C20H30N2O4/c1-15(2)16-6-8-17(9-7-16)25-14-18(23)21-10-12-22(13-11-21)19(24)26-20(3,4)5/h6-9,15H,10-14H2,1-5H3. The van der Waals surface area contributed by atoms with E-state index in [1.165, 1.54) is 5.56 Å². The van der Waals surface area contributed by atoms with Crippen molar-refractivity contribution in [3.8, 4) is 5.75 Å². The summed E-state index contributed by atoms with van der Waals surface area (Å²) in [4.78, 5) is 27.7. The maximum Gasteiger partial charge on any atom is 0.410 e. The van der Waals surface area contributed by atoms with Gasteiger partial charge in [0, 0.05) is 26.2 Å². The summed E-state index contributed by atoms with van der Waals surface area (Å²) in [6.07, 6.45) is -0.328. The Morgan fingerprint density at radius 3 is 2.04 bits per heavy atom. The zero-order chi connectivity index (χ0) is 19.3. The molecule has 1 aromatic carbocycles. The predicted molar refractivity (Wildman–Crippen MR) is 100 cm³/mol. The molecule has 0 saturated carbocycles. The first-order valence-electron chi connectivity index (χ1n) is 9.14. The summed E-state index contributed by atoms with van der Waals surface area (Å²) in [6.45, 7) is 11.7. The molecule has 1 aliphatic heterocycles. The highest BCUT2D eigenvalue weighted by molar-refractivity contribution is 5.78. The average molecular weight is 362 g/mol. The summed E-state index contributed by atoms with van der Waals surface area (Å²) >= 11 is 0. The SMILES string of the molecule is CC(C)c1ccc(OCC(=O)N2CCN(C(=O)OC(C)(C)C)CC2)cc1. The first kappa shape index (κ1) is 20.1. The fourth-order valence-corrected chi connectivity index (χ4v) is 2.65. The molecule has 2 amide bonds. The largest absolute Gasteiger partial charge is 0.484 e. The molecule has 0 aliphatic carbocycles. The van der Waals surface area contributed by atoms with Gasteiger partial charge in [0.25, 0.3) is 5.91 Å². The molecule has 0 atom stereocenters. The van der Waals surface area contributed by atoms with Gasteiger partial charge in [-0.15, -0.1) is 0 Å². The fourth-order valence-electron chi connectivity index (χ4n) is 2.65. The minimum Gasteiger partial charge on any atom is -0.484 e. The second-order valence-electron chi connectivity index (χ2n) is 7.86. The van der Waals surface area contributed by atoms with E-state index in [0.29, 0.717) is 37.8 Å². The van der Waals surface area contributed by atoms with Crippen LogP contribution in [0.1, 0.15) is 46.1 Å². The zero-order valence-electron chi connectivity index (χ0n) is 16.4. The Bertz CT molecular complexity index is 612. The van der Waals surface area contributed by atoms with E-state index >= 15 is 0 Å². The first-order valence-corrected chi connectivity index (χ1v) is 9.14. The van der Waals surface area contributed by atoms with E-state index in [0.717, 1.165) is 0 Å². The maximum atomic E-state index is 12.3. The normalized spacial score (nSPS) is 15.2. The number of carbonyl (C=O) groups is 2. The molecule has 1 heterocycles. The van der Waals surface area contributed by atoms with Crippen LogP contribution in [0, 0.1) is 0 Å². The highest BCUT2D eigenvalue weighted by Gasteiger charge is 2.27. The Labute approximate surface area is 156 Å². The third-order valence-electron chi connectivity index (χ3n) is 4.19. The van der Waals surface area contributed by atoms with Crippen LogP contribution in [0.5, 0.6) is 5.75 Å².